The minimum Gasteiger partial charge on any atom is -0.294 e. The molecular weight excluding hydrogens is 386 g/mol. The fraction of sp³-hybridized carbons (Fsp3) is 0.261. The molecule has 0 amide bonds. The molecule has 0 saturated carbocycles. The molecule has 0 atom stereocenters. The summed E-state index contributed by atoms with van der Waals surface area (Å²) in [6.07, 6.45) is 1.52. The normalized spacial score (nSPS) is 13.8. The van der Waals surface area contributed by atoms with E-state index >= 15 is 0 Å². The molecule has 152 valence electrons. The van der Waals surface area contributed by atoms with Gasteiger partial charge in [-0.2, -0.15) is 0 Å². The molecule has 0 bridgehead atoms. The van der Waals surface area contributed by atoms with Gasteiger partial charge in [0, 0.05) is 32.1 Å². The second-order valence-corrected chi connectivity index (χ2v) is 7.62. The number of hydrogen-bond acceptors (Lipinski definition) is 3. The molecule has 0 saturated heterocycles. The molecule has 0 aliphatic carbocycles. The van der Waals surface area contributed by atoms with Crippen molar-refractivity contribution in [3.8, 4) is 0 Å². The lowest BCUT2D eigenvalue weighted by atomic mass is 10.1. The second kappa shape index (κ2) is 7.81. The number of alkyl halides is 2. The Labute approximate surface area is 173 Å². The lowest BCUT2D eigenvalue weighted by Crippen LogP contribution is -2.25. The summed E-state index contributed by atoms with van der Waals surface area (Å²) < 4.78 is 28.3. The summed E-state index contributed by atoms with van der Waals surface area (Å²) in [7, 11) is 0. The zero-order chi connectivity index (χ0) is 21.3. The molecular formula is C23H20F2N4O. The summed E-state index contributed by atoms with van der Waals surface area (Å²) in [5, 5.41) is 0. The van der Waals surface area contributed by atoms with Crippen LogP contribution in [0.25, 0.3) is 4.85 Å². The first-order chi connectivity index (χ1) is 14.3. The molecule has 30 heavy (non-hydrogen) atoms. The largest absolute Gasteiger partial charge is 0.294 e. The van der Waals surface area contributed by atoms with Crippen molar-refractivity contribution in [2.45, 2.75) is 39.0 Å². The Balaban J connectivity index is 1.49. The quantitative estimate of drug-likeness (QED) is 0.587. The number of rotatable bonds is 5. The van der Waals surface area contributed by atoms with E-state index in [1.165, 1.54) is 23.0 Å². The summed E-state index contributed by atoms with van der Waals surface area (Å²) in [6.45, 7) is 9.98. The summed E-state index contributed by atoms with van der Waals surface area (Å²) >= 11 is 0. The van der Waals surface area contributed by atoms with Crippen molar-refractivity contribution in [1.82, 2.24) is 14.5 Å². The molecule has 1 aromatic heterocycles. The highest BCUT2D eigenvalue weighted by Crippen LogP contribution is 2.27. The van der Waals surface area contributed by atoms with Crippen molar-refractivity contribution in [3.05, 3.63) is 105 Å². The minimum atomic E-state index is -2.89. The zero-order valence-corrected chi connectivity index (χ0v) is 16.5. The third-order valence-electron chi connectivity index (χ3n) is 5.24. The Morgan fingerprint density at radius 2 is 1.87 bits per heavy atom. The van der Waals surface area contributed by atoms with Crippen LogP contribution in [-0.4, -0.2) is 14.5 Å². The van der Waals surface area contributed by atoms with Crippen molar-refractivity contribution in [1.29, 1.82) is 0 Å². The zero-order valence-electron chi connectivity index (χ0n) is 16.5. The highest BCUT2D eigenvalue weighted by atomic mass is 19.3. The third-order valence-corrected chi connectivity index (χ3v) is 5.24. The van der Waals surface area contributed by atoms with E-state index in [9.17, 15) is 13.6 Å². The predicted molar refractivity (Wildman–Crippen MR) is 109 cm³/mol. The van der Waals surface area contributed by atoms with Crippen molar-refractivity contribution in [2.24, 2.45) is 0 Å². The van der Waals surface area contributed by atoms with Gasteiger partial charge >= 0.3 is 0 Å². The van der Waals surface area contributed by atoms with Gasteiger partial charge in [-0.25, -0.2) is 18.6 Å². The van der Waals surface area contributed by atoms with Gasteiger partial charge in [0.25, 0.3) is 11.5 Å². The van der Waals surface area contributed by atoms with Crippen molar-refractivity contribution in [3.63, 3.8) is 0 Å². The van der Waals surface area contributed by atoms with E-state index in [1.807, 2.05) is 18.2 Å². The molecule has 0 spiro atoms. The number of nitrogens with zero attached hydrogens (tertiary/aromatic N) is 4. The van der Waals surface area contributed by atoms with Crippen LogP contribution in [0.1, 0.15) is 34.9 Å². The molecule has 0 fully saturated rings. The smallest absolute Gasteiger partial charge is 0.270 e. The van der Waals surface area contributed by atoms with Crippen molar-refractivity contribution < 1.29 is 8.78 Å². The van der Waals surface area contributed by atoms with Crippen LogP contribution in [0.2, 0.25) is 0 Å². The van der Waals surface area contributed by atoms with Crippen LogP contribution in [0.4, 0.5) is 14.5 Å². The Hall–Kier alpha value is -3.37. The van der Waals surface area contributed by atoms with E-state index in [2.05, 4.69) is 14.7 Å². The summed E-state index contributed by atoms with van der Waals surface area (Å²) in [6, 6.07) is 13.4. The van der Waals surface area contributed by atoms with E-state index < -0.39 is 5.92 Å². The number of benzene rings is 2. The molecule has 0 radical (unpaired) electrons. The van der Waals surface area contributed by atoms with Gasteiger partial charge in [0.2, 0.25) is 0 Å². The minimum absolute atomic E-state index is 0.0522. The first-order valence-electron chi connectivity index (χ1n) is 9.56. The summed E-state index contributed by atoms with van der Waals surface area (Å²) in [4.78, 5) is 22.9. The maximum Gasteiger partial charge on any atom is 0.270 e. The number of hydrogen-bond donors (Lipinski definition) is 0. The van der Waals surface area contributed by atoms with Crippen LogP contribution in [0, 0.1) is 6.57 Å². The Morgan fingerprint density at radius 3 is 2.57 bits per heavy atom. The average molecular weight is 406 g/mol. The molecule has 0 N–H and O–H groups in total. The molecule has 1 aliphatic rings. The predicted octanol–water partition coefficient (Wildman–Crippen LogP) is 4.47. The van der Waals surface area contributed by atoms with Gasteiger partial charge in [-0.15, -0.1) is 0 Å². The van der Waals surface area contributed by atoms with Crippen molar-refractivity contribution in [2.75, 3.05) is 0 Å². The van der Waals surface area contributed by atoms with E-state index in [0.29, 0.717) is 30.9 Å². The van der Waals surface area contributed by atoms with Gasteiger partial charge in [0.1, 0.15) is 0 Å². The Kier molecular flexibility index (Phi) is 5.18. The number of halogens is 2. The van der Waals surface area contributed by atoms with Crippen LogP contribution < -0.4 is 5.56 Å². The highest BCUT2D eigenvalue weighted by molar-refractivity contribution is 5.46. The van der Waals surface area contributed by atoms with E-state index in [1.54, 1.807) is 18.2 Å². The van der Waals surface area contributed by atoms with Crippen molar-refractivity contribution >= 4 is 5.69 Å². The first-order valence-corrected chi connectivity index (χ1v) is 9.56. The van der Waals surface area contributed by atoms with Gasteiger partial charge in [0.15, 0.2) is 5.69 Å². The Bertz CT molecular complexity index is 1170. The van der Waals surface area contributed by atoms with Gasteiger partial charge in [-0.3, -0.25) is 14.3 Å². The maximum atomic E-state index is 13.4. The topological polar surface area (TPSA) is 42.5 Å². The molecule has 0 unspecified atom stereocenters. The van der Waals surface area contributed by atoms with E-state index in [0.717, 1.165) is 23.7 Å². The van der Waals surface area contributed by atoms with E-state index in [4.69, 9.17) is 6.57 Å². The molecule has 3 aromatic rings. The molecule has 4 rings (SSSR count). The van der Waals surface area contributed by atoms with Crippen LogP contribution in [0.15, 0.2) is 59.7 Å². The lowest BCUT2D eigenvalue weighted by molar-refractivity contribution is 0.0174. The molecule has 5 nitrogen and oxygen atoms in total. The van der Waals surface area contributed by atoms with Crippen LogP contribution >= 0.6 is 0 Å². The fourth-order valence-electron chi connectivity index (χ4n) is 3.66. The number of aromatic nitrogens is 2. The SMILES string of the molecule is [C-]#[N+]c1cccc(CN2Cc3ncn(Cc4ccc(C(C)(F)F)cc4)c(=O)c3C2)c1. The van der Waals surface area contributed by atoms with Crippen LogP contribution in [0.3, 0.4) is 0 Å². The summed E-state index contributed by atoms with van der Waals surface area (Å²) in [5.41, 5.74) is 3.64. The first kappa shape index (κ1) is 19.9. The monoisotopic (exact) mass is 406 g/mol. The molecule has 7 heteroatoms. The molecule has 2 heterocycles. The summed E-state index contributed by atoms with van der Waals surface area (Å²) in [5.74, 6) is -2.89. The third kappa shape index (κ3) is 4.14. The van der Waals surface area contributed by atoms with Gasteiger partial charge in [0.05, 0.1) is 30.7 Å². The fourth-order valence-corrected chi connectivity index (χ4v) is 3.66. The molecule has 1 aliphatic heterocycles. The number of fused-ring (bicyclic) bond motifs is 1. The van der Waals surface area contributed by atoms with Crippen LogP contribution in [0.5, 0.6) is 0 Å². The maximum absolute atomic E-state index is 13.4. The van der Waals surface area contributed by atoms with Crippen LogP contribution in [-0.2, 0) is 32.1 Å². The van der Waals surface area contributed by atoms with E-state index in [-0.39, 0.29) is 17.7 Å². The standard InChI is InChI=1S/C23H20F2N4O/c1-23(24,25)18-8-6-16(7-9-18)12-29-15-27-21-14-28(13-20(21)22(29)30)11-17-4-3-5-19(10-17)26-2/h3-10,15H,11-14H2,1H3. The second-order valence-electron chi connectivity index (χ2n) is 7.62. The van der Waals surface area contributed by atoms with Gasteiger partial charge < -0.3 is 0 Å². The molecule has 2 aromatic carbocycles. The highest BCUT2D eigenvalue weighted by Gasteiger charge is 2.25. The van der Waals surface area contributed by atoms with Gasteiger partial charge in [-0.05, 0) is 11.1 Å². The average Bonchev–Trinajstić information content (AvgIpc) is 3.13. The Morgan fingerprint density at radius 1 is 1.10 bits per heavy atom. The van der Waals surface area contributed by atoms with Gasteiger partial charge in [-0.1, -0.05) is 48.5 Å². The lowest BCUT2D eigenvalue weighted by Gasteiger charge is -2.14.